The van der Waals surface area contributed by atoms with Gasteiger partial charge >= 0.3 is 0 Å². The van der Waals surface area contributed by atoms with Crippen molar-refractivity contribution in [1.29, 1.82) is 0 Å². The van der Waals surface area contributed by atoms with Crippen LogP contribution < -0.4 is 0 Å². The van der Waals surface area contributed by atoms with Gasteiger partial charge in [-0.05, 0) is 12.0 Å². The van der Waals surface area contributed by atoms with Gasteiger partial charge in [-0.25, -0.2) is 0 Å². The van der Waals surface area contributed by atoms with E-state index in [2.05, 4.69) is 0 Å². The maximum atomic E-state index is 10.8. The zero-order valence-corrected chi connectivity index (χ0v) is 6.08. The van der Waals surface area contributed by atoms with Crippen LogP contribution in [-0.2, 0) is 4.79 Å². The van der Waals surface area contributed by atoms with Crippen molar-refractivity contribution >= 4 is 5.78 Å². The molecule has 1 rings (SSSR count). The molecule has 2 unspecified atom stereocenters. The Bertz CT molecular complexity index is 161. The highest BCUT2D eigenvalue weighted by molar-refractivity contribution is 5.90. The first kappa shape index (κ1) is 7.48. The second-order valence-electron chi connectivity index (χ2n) is 2.85. The maximum absolute atomic E-state index is 10.8. The minimum Gasteiger partial charge on any atom is -0.396 e. The molecule has 0 radical (unpaired) electrons. The molecule has 0 bridgehead atoms. The lowest BCUT2D eigenvalue weighted by Gasteiger charge is -2.20. The highest BCUT2D eigenvalue weighted by Crippen LogP contribution is 2.21. The Morgan fingerprint density at radius 3 is 3.00 bits per heavy atom. The maximum Gasteiger partial charge on any atom is 0.155 e. The first-order valence-electron chi connectivity index (χ1n) is 3.56. The molecular formula is C8H12O2. The molecule has 0 aromatic heterocycles. The third-order valence-electron chi connectivity index (χ3n) is 1.99. The van der Waals surface area contributed by atoms with Crippen LogP contribution in [-0.4, -0.2) is 17.5 Å². The second kappa shape index (κ2) is 2.97. The van der Waals surface area contributed by atoms with E-state index in [9.17, 15) is 4.79 Å². The summed E-state index contributed by atoms with van der Waals surface area (Å²) in [6.45, 7) is 2.15. The lowest BCUT2D eigenvalue weighted by molar-refractivity contribution is -0.116. The topological polar surface area (TPSA) is 37.3 Å². The van der Waals surface area contributed by atoms with E-state index in [-0.39, 0.29) is 18.3 Å². The van der Waals surface area contributed by atoms with Gasteiger partial charge in [0, 0.05) is 18.9 Å². The van der Waals surface area contributed by atoms with Crippen molar-refractivity contribution in [3.63, 3.8) is 0 Å². The molecule has 0 spiro atoms. The van der Waals surface area contributed by atoms with E-state index in [0.717, 1.165) is 0 Å². The third kappa shape index (κ3) is 1.45. The second-order valence-corrected chi connectivity index (χ2v) is 2.85. The van der Waals surface area contributed by atoms with Gasteiger partial charge in [-0.1, -0.05) is 13.0 Å². The van der Waals surface area contributed by atoms with Crippen molar-refractivity contribution in [2.75, 3.05) is 6.61 Å². The van der Waals surface area contributed by atoms with E-state index in [1.54, 1.807) is 12.2 Å². The SMILES string of the molecule is CC1CC(=O)C=CC1CO. The Balaban J connectivity index is 2.62. The van der Waals surface area contributed by atoms with Gasteiger partial charge in [0.15, 0.2) is 5.78 Å². The van der Waals surface area contributed by atoms with Crippen molar-refractivity contribution in [2.45, 2.75) is 13.3 Å². The summed E-state index contributed by atoms with van der Waals surface area (Å²) in [6, 6.07) is 0. The van der Waals surface area contributed by atoms with E-state index in [0.29, 0.717) is 12.3 Å². The summed E-state index contributed by atoms with van der Waals surface area (Å²) >= 11 is 0. The molecule has 1 aliphatic rings. The first-order chi connectivity index (χ1) is 4.74. The van der Waals surface area contributed by atoms with Crippen molar-refractivity contribution in [3.05, 3.63) is 12.2 Å². The van der Waals surface area contributed by atoms with E-state index in [1.807, 2.05) is 6.92 Å². The molecule has 10 heavy (non-hydrogen) atoms. The standard InChI is InChI=1S/C8H12O2/c1-6-4-8(10)3-2-7(6)5-9/h2-3,6-7,9H,4-5H2,1H3. The largest absolute Gasteiger partial charge is 0.396 e. The quantitative estimate of drug-likeness (QED) is 0.583. The minimum atomic E-state index is 0.158. The van der Waals surface area contributed by atoms with Crippen LogP contribution in [0.5, 0.6) is 0 Å². The summed E-state index contributed by atoms with van der Waals surface area (Å²) in [6.07, 6.45) is 3.96. The van der Waals surface area contributed by atoms with Crippen LogP contribution in [0, 0.1) is 11.8 Å². The number of allylic oxidation sites excluding steroid dienone is 1. The van der Waals surface area contributed by atoms with Crippen LogP contribution in [0.2, 0.25) is 0 Å². The van der Waals surface area contributed by atoms with E-state index in [4.69, 9.17) is 5.11 Å². The molecule has 56 valence electrons. The average molecular weight is 140 g/mol. The fourth-order valence-electron chi connectivity index (χ4n) is 1.20. The molecule has 0 aromatic rings. The van der Waals surface area contributed by atoms with Crippen molar-refractivity contribution in [2.24, 2.45) is 11.8 Å². The van der Waals surface area contributed by atoms with E-state index in [1.165, 1.54) is 0 Å². The summed E-state index contributed by atoms with van der Waals surface area (Å²) in [4.78, 5) is 10.8. The number of carbonyl (C=O) groups excluding carboxylic acids is 1. The molecule has 2 atom stereocenters. The molecule has 0 saturated carbocycles. The third-order valence-corrected chi connectivity index (χ3v) is 1.99. The Kier molecular flexibility index (Phi) is 2.22. The molecule has 0 aromatic carbocycles. The Morgan fingerprint density at radius 2 is 2.50 bits per heavy atom. The van der Waals surface area contributed by atoms with Gasteiger partial charge in [0.2, 0.25) is 0 Å². The number of hydrogen-bond donors (Lipinski definition) is 1. The van der Waals surface area contributed by atoms with Gasteiger partial charge in [-0.15, -0.1) is 0 Å². The van der Waals surface area contributed by atoms with Crippen LogP contribution in [0.25, 0.3) is 0 Å². The van der Waals surface area contributed by atoms with Crippen LogP contribution in [0.1, 0.15) is 13.3 Å². The first-order valence-corrected chi connectivity index (χ1v) is 3.56. The zero-order valence-electron chi connectivity index (χ0n) is 6.08. The lowest BCUT2D eigenvalue weighted by Crippen LogP contribution is -2.20. The number of carbonyl (C=O) groups is 1. The Labute approximate surface area is 60.6 Å². The molecule has 2 heteroatoms. The monoisotopic (exact) mass is 140 g/mol. The van der Waals surface area contributed by atoms with Gasteiger partial charge in [0.25, 0.3) is 0 Å². The average Bonchev–Trinajstić information content (AvgIpc) is 1.88. The molecule has 0 fully saturated rings. The molecule has 0 heterocycles. The van der Waals surface area contributed by atoms with Crippen LogP contribution >= 0.6 is 0 Å². The van der Waals surface area contributed by atoms with E-state index >= 15 is 0 Å². The fourth-order valence-corrected chi connectivity index (χ4v) is 1.20. The van der Waals surface area contributed by atoms with Gasteiger partial charge in [0.05, 0.1) is 0 Å². The molecule has 0 aliphatic heterocycles. The normalized spacial score (nSPS) is 32.8. The van der Waals surface area contributed by atoms with Crippen molar-refractivity contribution < 1.29 is 9.90 Å². The summed E-state index contributed by atoms with van der Waals surface area (Å²) in [7, 11) is 0. The molecular weight excluding hydrogens is 128 g/mol. The van der Waals surface area contributed by atoms with E-state index < -0.39 is 0 Å². The number of rotatable bonds is 1. The Morgan fingerprint density at radius 1 is 1.80 bits per heavy atom. The van der Waals surface area contributed by atoms with Gasteiger partial charge in [-0.3, -0.25) is 4.79 Å². The predicted molar refractivity (Wildman–Crippen MR) is 38.5 cm³/mol. The summed E-state index contributed by atoms with van der Waals surface area (Å²) in [5, 5.41) is 8.79. The van der Waals surface area contributed by atoms with Crippen LogP contribution in [0.3, 0.4) is 0 Å². The highest BCUT2D eigenvalue weighted by atomic mass is 16.3. The van der Waals surface area contributed by atoms with Crippen LogP contribution in [0.15, 0.2) is 12.2 Å². The zero-order chi connectivity index (χ0) is 7.56. The fraction of sp³-hybridized carbons (Fsp3) is 0.625. The highest BCUT2D eigenvalue weighted by Gasteiger charge is 2.19. The number of hydrogen-bond acceptors (Lipinski definition) is 2. The minimum absolute atomic E-state index is 0.158. The summed E-state index contributed by atoms with van der Waals surface area (Å²) in [5.41, 5.74) is 0. The molecule has 1 N–H and O–H groups in total. The summed E-state index contributed by atoms with van der Waals surface area (Å²) < 4.78 is 0. The molecule has 0 saturated heterocycles. The summed E-state index contributed by atoms with van der Waals surface area (Å²) in [5.74, 6) is 0.678. The van der Waals surface area contributed by atoms with Crippen molar-refractivity contribution in [3.8, 4) is 0 Å². The number of aliphatic hydroxyl groups is 1. The Hall–Kier alpha value is -0.630. The van der Waals surface area contributed by atoms with Gasteiger partial charge < -0.3 is 5.11 Å². The molecule has 1 aliphatic carbocycles. The van der Waals surface area contributed by atoms with Crippen molar-refractivity contribution in [1.82, 2.24) is 0 Å². The predicted octanol–water partition coefficient (Wildman–Crippen LogP) is 0.760. The van der Waals surface area contributed by atoms with Gasteiger partial charge in [0.1, 0.15) is 0 Å². The molecule has 0 amide bonds. The van der Waals surface area contributed by atoms with Gasteiger partial charge in [-0.2, -0.15) is 0 Å². The smallest absolute Gasteiger partial charge is 0.155 e. The number of ketones is 1. The lowest BCUT2D eigenvalue weighted by atomic mass is 9.85. The van der Waals surface area contributed by atoms with Crippen LogP contribution in [0.4, 0.5) is 0 Å². The number of aliphatic hydroxyl groups excluding tert-OH is 1. The molecule has 2 nitrogen and oxygen atoms in total.